The summed E-state index contributed by atoms with van der Waals surface area (Å²) in [5.41, 5.74) is 0.386. The zero-order chi connectivity index (χ0) is 18.7. The molecule has 3 aromatic rings. The Kier molecular flexibility index (Phi) is 5.06. The van der Waals surface area contributed by atoms with Crippen LogP contribution in [-0.4, -0.2) is 17.6 Å². The van der Waals surface area contributed by atoms with Gasteiger partial charge in [-0.15, -0.1) is 14.3 Å². The summed E-state index contributed by atoms with van der Waals surface area (Å²) in [5, 5.41) is 10.8. The number of nitrogens with one attached hydrogen (secondary N) is 1. The molecule has 0 saturated heterocycles. The van der Waals surface area contributed by atoms with Gasteiger partial charge in [0.1, 0.15) is 5.69 Å². The second-order valence-corrected chi connectivity index (χ2v) is 7.77. The van der Waals surface area contributed by atoms with Crippen molar-refractivity contribution in [2.24, 2.45) is 10.2 Å². The summed E-state index contributed by atoms with van der Waals surface area (Å²) >= 11 is 6.00. The van der Waals surface area contributed by atoms with E-state index < -0.39 is 15.6 Å². The second kappa shape index (κ2) is 7.27. The number of aromatic amines is 1. The van der Waals surface area contributed by atoms with Crippen molar-refractivity contribution in [1.29, 1.82) is 0 Å². The lowest BCUT2D eigenvalue weighted by Gasteiger charge is -2.04. The van der Waals surface area contributed by atoms with Gasteiger partial charge in [0.05, 0.1) is 16.5 Å². The van der Waals surface area contributed by atoms with Crippen LogP contribution >= 0.6 is 11.6 Å². The highest BCUT2D eigenvalue weighted by atomic mass is 35.5. The van der Waals surface area contributed by atoms with Gasteiger partial charge in [0.15, 0.2) is 5.69 Å². The number of rotatable bonds is 5. The zero-order valence-corrected chi connectivity index (χ0v) is 15.3. The molecule has 0 fully saturated rings. The number of aromatic nitrogens is 2. The van der Waals surface area contributed by atoms with Gasteiger partial charge in [-0.05, 0) is 24.6 Å². The Morgan fingerprint density at radius 3 is 2.38 bits per heavy atom. The molecular weight excluding hydrogens is 376 g/mol. The van der Waals surface area contributed by atoms with Gasteiger partial charge in [-0.2, -0.15) is 0 Å². The zero-order valence-electron chi connectivity index (χ0n) is 13.8. The van der Waals surface area contributed by atoms with Crippen LogP contribution in [0.25, 0.3) is 0 Å². The lowest BCUT2D eigenvalue weighted by atomic mass is 10.2. The van der Waals surface area contributed by atoms with E-state index in [1.807, 2.05) is 0 Å². The van der Waals surface area contributed by atoms with Crippen molar-refractivity contribution in [1.82, 2.24) is 9.19 Å². The minimum Gasteiger partial charge on any atom is -0.283 e. The van der Waals surface area contributed by atoms with E-state index >= 15 is 0 Å². The average molecular weight is 391 g/mol. The molecule has 9 heteroatoms. The van der Waals surface area contributed by atoms with Crippen LogP contribution in [0.1, 0.15) is 11.3 Å². The first-order chi connectivity index (χ1) is 12.4. The minimum absolute atomic E-state index is 0.0819. The quantitative estimate of drug-likeness (QED) is 0.668. The first-order valence-electron chi connectivity index (χ1n) is 7.63. The van der Waals surface area contributed by atoms with Crippen LogP contribution in [-0.2, 0) is 15.8 Å². The van der Waals surface area contributed by atoms with Gasteiger partial charge in [0.25, 0.3) is 10.0 Å². The largest absolute Gasteiger partial charge is 0.308 e. The highest BCUT2D eigenvalue weighted by Gasteiger charge is 2.22. The lowest BCUT2D eigenvalue weighted by Crippen LogP contribution is -2.26. The summed E-state index contributed by atoms with van der Waals surface area (Å²) in [5.74, 6) is -0.311. The number of azo groups is 1. The fourth-order valence-electron chi connectivity index (χ4n) is 2.31. The molecular formula is C17H15ClN4O3S. The maximum absolute atomic E-state index is 12.6. The molecule has 26 heavy (non-hydrogen) atoms. The average Bonchev–Trinajstić information content (AvgIpc) is 2.90. The van der Waals surface area contributed by atoms with Crippen LogP contribution in [0.3, 0.4) is 0 Å². The second-order valence-electron chi connectivity index (χ2n) is 5.55. The number of hydrogen-bond donors (Lipinski definition) is 1. The van der Waals surface area contributed by atoms with Gasteiger partial charge in [0, 0.05) is 0 Å². The third-order valence-electron chi connectivity index (χ3n) is 3.59. The van der Waals surface area contributed by atoms with Crippen LogP contribution < -0.4 is 5.56 Å². The fourth-order valence-corrected chi connectivity index (χ4v) is 3.84. The van der Waals surface area contributed by atoms with Crippen LogP contribution in [0.2, 0.25) is 5.02 Å². The molecule has 0 aliphatic carbocycles. The number of benzene rings is 2. The van der Waals surface area contributed by atoms with E-state index in [4.69, 9.17) is 11.6 Å². The van der Waals surface area contributed by atoms with Gasteiger partial charge >= 0.3 is 5.56 Å². The summed E-state index contributed by atoms with van der Waals surface area (Å²) in [6, 6.07) is 15.4. The van der Waals surface area contributed by atoms with E-state index in [0.29, 0.717) is 26.1 Å². The molecule has 7 nitrogen and oxygen atoms in total. The number of halogens is 1. The van der Waals surface area contributed by atoms with Crippen molar-refractivity contribution < 1.29 is 8.42 Å². The third kappa shape index (κ3) is 3.76. The van der Waals surface area contributed by atoms with Gasteiger partial charge in [-0.3, -0.25) is 9.89 Å². The molecule has 0 atom stereocenters. The molecule has 0 aliphatic heterocycles. The Labute approximate surface area is 155 Å². The van der Waals surface area contributed by atoms with Crippen molar-refractivity contribution in [2.75, 3.05) is 0 Å². The van der Waals surface area contributed by atoms with E-state index in [0.717, 1.165) is 0 Å². The van der Waals surface area contributed by atoms with Gasteiger partial charge < -0.3 is 0 Å². The number of hydrogen-bond acceptors (Lipinski definition) is 5. The van der Waals surface area contributed by atoms with E-state index in [1.165, 1.54) is 0 Å². The van der Waals surface area contributed by atoms with E-state index in [-0.39, 0.29) is 11.4 Å². The molecule has 0 unspecified atom stereocenters. The van der Waals surface area contributed by atoms with E-state index in [9.17, 15) is 13.2 Å². The van der Waals surface area contributed by atoms with Gasteiger partial charge in [-0.1, -0.05) is 54.1 Å². The maximum atomic E-state index is 12.6. The molecule has 0 bridgehead atoms. The van der Waals surface area contributed by atoms with E-state index in [2.05, 4.69) is 15.3 Å². The monoisotopic (exact) mass is 390 g/mol. The molecule has 2 aromatic carbocycles. The molecule has 1 N–H and O–H groups in total. The van der Waals surface area contributed by atoms with E-state index in [1.54, 1.807) is 61.5 Å². The van der Waals surface area contributed by atoms with Crippen molar-refractivity contribution in [3.05, 3.63) is 81.2 Å². The maximum Gasteiger partial charge on any atom is 0.308 e. The molecule has 0 radical (unpaired) electrons. The Bertz CT molecular complexity index is 1120. The van der Waals surface area contributed by atoms with Crippen molar-refractivity contribution in [3.8, 4) is 0 Å². The number of aryl methyl sites for hydroxylation is 1. The third-order valence-corrected chi connectivity index (χ3v) is 5.42. The number of nitrogens with zero attached hydrogens (tertiary/aromatic N) is 3. The Morgan fingerprint density at radius 2 is 1.69 bits per heavy atom. The Hall–Kier alpha value is -2.71. The molecule has 134 valence electrons. The molecule has 0 aliphatic rings. The predicted octanol–water partition coefficient (Wildman–Crippen LogP) is 3.93. The predicted molar refractivity (Wildman–Crippen MR) is 99.9 cm³/mol. The molecule has 0 spiro atoms. The summed E-state index contributed by atoms with van der Waals surface area (Å²) in [4.78, 5) is 12.5. The van der Waals surface area contributed by atoms with Crippen LogP contribution in [0, 0.1) is 6.92 Å². The number of H-pyrrole nitrogens is 1. The van der Waals surface area contributed by atoms with Crippen LogP contribution in [0.4, 0.5) is 11.4 Å². The molecule has 1 aromatic heterocycles. The summed E-state index contributed by atoms with van der Waals surface area (Å²) in [6.07, 6.45) is 0. The topological polar surface area (TPSA) is 96.7 Å². The highest BCUT2D eigenvalue weighted by Crippen LogP contribution is 2.26. The molecule has 1 heterocycles. The molecule has 0 amide bonds. The summed E-state index contributed by atoms with van der Waals surface area (Å²) in [6.45, 7) is 1.55. The normalized spacial score (nSPS) is 11.9. The Morgan fingerprint density at radius 1 is 1.04 bits per heavy atom. The first-order valence-corrected chi connectivity index (χ1v) is 9.62. The fraction of sp³-hybridized carbons (Fsp3) is 0.118. The standard InChI is InChI=1S/C17H15ClN4O3S/c1-12-16(20-19-15-10-6-5-9-14(15)18)17(23)22(21-12)26(24,25)11-13-7-3-2-4-8-13/h2-10,21H,11H2,1H3. The van der Waals surface area contributed by atoms with Gasteiger partial charge in [0.2, 0.25) is 0 Å². The summed E-state index contributed by atoms with van der Waals surface area (Å²) in [7, 11) is -3.92. The van der Waals surface area contributed by atoms with Crippen molar-refractivity contribution in [3.63, 3.8) is 0 Å². The minimum atomic E-state index is -3.92. The molecule has 0 saturated carbocycles. The van der Waals surface area contributed by atoms with Crippen molar-refractivity contribution in [2.45, 2.75) is 12.7 Å². The smallest absolute Gasteiger partial charge is 0.283 e. The Balaban J connectivity index is 1.96. The molecule has 3 rings (SSSR count). The van der Waals surface area contributed by atoms with Crippen molar-refractivity contribution >= 4 is 33.0 Å². The van der Waals surface area contributed by atoms with Gasteiger partial charge in [-0.25, -0.2) is 8.42 Å². The summed E-state index contributed by atoms with van der Waals surface area (Å²) < 4.78 is 25.7. The SMILES string of the molecule is Cc1[nH]n(S(=O)(=O)Cc2ccccc2)c(=O)c1N=Nc1ccccc1Cl. The highest BCUT2D eigenvalue weighted by molar-refractivity contribution is 7.89. The van der Waals surface area contributed by atoms with Crippen LogP contribution in [0.15, 0.2) is 69.6 Å². The first kappa shape index (κ1) is 18.1. The lowest BCUT2D eigenvalue weighted by molar-refractivity contribution is 0.576. The van der Waals surface area contributed by atoms with Crippen LogP contribution in [0.5, 0.6) is 0 Å².